The van der Waals surface area contributed by atoms with E-state index >= 15 is 0 Å². The van der Waals surface area contributed by atoms with E-state index in [9.17, 15) is 13.2 Å². The van der Waals surface area contributed by atoms with Gasteiger partial charge in [-0.3, -0.25) is 14.6 Å². The second-order valence-electron chi connectivity index (χ2n) is 3.96. The van der Waals surface area contributed by atoms with E-state index in [4.69, 9.17) is 5.26 Å². The summed E-state index contributed by atoms with van der Waals surface area (Å²) in [4.78, 5) is 11.2. The van der Waals surface area contributed by atoms with Gasteiger partial charge < -0.3 is 0 Å². The largest absolute Gasteiger partial charge is 0.295 e. The Morgan fingerprint density at radius 3 is 2.85 bits per heavy atom. The van der Waals surface area contributed by atoms with E-state index in [0.29, 0.717) is 0 Å². The Labute approximate surface area is 115 Å². The molecular weight excluding hydrogens is 280 g/mol. The lowest BCUT2D eigenvalue weighted by atomic mass is 10.2. The van der Waals surface area contributed by atoms with Gasteiger partial charge >= 0.3 is 0 Å². The lowest BCUT2D eigenvalue weighted by Gasteiger charge is -2.07. The van der Waals surface area contributed by atoms with E-state index in [1.165, 1.54) is 37.4 Å². The predicted octanol–water partition coefficient (Wildman–Crippen LogP) is 1.28. The van der Waals surface area contributed by atoms with Crippen LogP contribution in [0.5, 0.6) is 0 Å². The van der Waals surface area contributed by atoms with E-state index in [-0.39, 0.29) is 27.6 Å². The summed E-state index contributed by atoms with van der Waals surface area (Å²) in [7, 11) is -3.90. The third-order valence-corrected chi connectivity index (χ3v) is 3.89. The molecule has 0 atom stereocenters. The highest BCUT2D eigenvalue weighted by Gasteiger charge is 2.18. The van der Waals surface area contributed by atoms with Crippen molar-refractivity contribution in [3.8, 4) is 6.07 Å². The second kappa shape index (κ2) is 5.14. The minimum atomic E-state index is -3.90. The number of benzene rings is 1. The van der Waals surface area contributed by atoms with Crippen LogP contribution in [-0.4, -0.2) is 24.4 Å². The summed E-state index contributed by atoms with van der Waals surface area (Å²) in [5.41, 5.74) is 0.370. The topological polar surface area (TPSA) is 116 Å². The van der Waals surface area contributed by atoms with Crippen molar-refractivity contribution in [2.24, 2.45) is 0 Å². The summed E-state index contributed by atoms with van der Waals surface area (Å²) >= 11 is 0. The third kappa shape index (κ3) is 2.67. The summed E-state index contributed by atoms with van der Waals surface area (Å²) < 4.78 is 26.5. The molecule has 1 aromatic heterocycles. The molecule has 0 fully saturated rings. The van der Waals surface area contributed by atoms with Gasteiger partial charge in [0.25, 0.3) is 10.0 Å². The van der Waals surface area contributed by atoms with Gasteiger partial charge in [0.2, 0.25) is 0 Å². The number of H-pyrrole nitrogens is 1. The number of hydrogen-bond acceptors (Lipinski definition) is 5. The number of rotatable bonds is 4. The van der Waals surface area contributed by atoms with Gasteiger partial charge in [-0.2, -0.15) is 10.4 Å². The number of carbonyl (C=O) groups excluding carboxylic acids is 1. The van der Waals surface area contributed by atoms with Crippen LogP contribution in [0.1, 0.15) is 22.8 Å². The molecule has 102 valence electrons. The van der Waals surface area contributed by atoms with Crippen LogP contribution in [0, 0.1) is 11.3 Å². The van der Waals surface area contributed by atoms with Gasteiger partial charge in [0.05, 0.1) is 11.1 Å². The molecule has 0 spiro atoms. The van der Waals surface area contributed by atoms with Gasteiger partial charge in [0.15, 0.2) is 11.6 Å². The summed E-state index contributed by atoms with van der Waals surface area (Å²) in [6, 6.07) is 7.44. The number of nitriles is 1. The Kier molecular flexibility index (Phi) is 3.54. The second-order valence-corrected chi connectivity index (χ2v) is 5.64. The zero-order valence-electron chi connectivity index (χ0n) is 10.4. The molecule has 0 saturated heterocycles. The molecule has 8 heteroatoms. The molecule has 0 aliphatic carbocycles. The first kappa shape index (κ1) is 13.8. The van der Waals surface area contributed by atoms with E-state index in [1.54, 1.807) is 6.07 Å². The van der Waals surface area contributed by atoms with Crippen molar-refractivity contribution >= 4 is 21.6 Å². The summed E-state index contributed by atoms with van der Waals surface area (Å²) in [5.74, 6) is -0.248. The monoisotopic (exact) mass is 290 g/mol. The van der Waals surface area contributed by atoms with Crippen LogP contribution in [0.25, 0.3) is 0 Å². The SMILES string of the molecule is CC(=O)c1cccc(S(=O)(=O)Nc2[nH]ncc2C#N)c1. The zero-order valence-corrected chi connectivity index (χ0v) is 11.2. The fraction of sp³-hybridized carbons (Fsp3) is 0.0833. The average Bonchev–Trinajstić information content (AvgIpc) is 2.85. The molecule has 7 nitrogen and oxygen atoms in total. The van der Waals surface area contributed by atoms with Gasteiger partial charge in [-0.05, 0) is 19.1 Å². The van der Waals surface area contributed by atoms with Crippen LogP contribution < -0.4 is 4.72 Å². The lowest BCUT2D eigenvalue weighted by molar-refractivity contribution is 0.101. The number of Topliss-reactive ketones (excluding diaryl/α,β-unsaturated/α-hetero) is 1. The normalized spacial score (nSPS) is 10.8. The maximum Gasteiger partial charge on any atom is 0.263 e. The van der Waals surface area contributed by atoms with Gasteiger partial charge in [-0.1, -0.05) is 12.1 Å². The van der Waals surface area contributed by atoms with Crippen LogP contribution in [0.3, 0.4) is 0 Å². The molecule has 20 heavy (non-hydrogen) atoms. The molecule has 0 amide bonds. The van der Waals surface area contributed by atoms with Crippen LogP contribution in [0.4, 0.5) is 5.82 Å². The first-order valence-corrected chi connectivity index (χ1v) is 6.99. The standard InChI is InChI=1S/C12H10N4O3S/c1-8(17)9-3-2-4-11(5-9)20(18,19)16-12-10(6-13)7-14-15-12/h2-5,7H,1H3,(H2,14,15,16). The molecule has 2 aromatic rings. The fourth-order valence-electron chi connectivity index (χ4n) is 1.52. The number of aromatic nitrogens is 2. The Balaban J connectivity index is 2.39. The Morgan fingerprint density at radius 1 is 1.45 bits per heavy atom. The Hall–Kier alpha value is -2.66. The predicted molar refractivity (Wildman–Crippen MR) is 70.6 cm³/mol. The number of nitrogens with one attached hydrogen (secondary N) is 2. The molecule has 0 saturated carbocycles. The van der Waals surface area contributed by atoms with Crippen LogP contribution in [0.2, 0.25) is 0 Å². The molecular formula is C12H10N4O3S. The van der Waals surface area contributed by atoms with Gasteiger partial charge in [-0.25, -0.2) is 8.42 Å². The smallest absolute Gasteiger partial charge is 0.263 e. The van der Waals surface area contributed by atoms with E-state index in [2.05, 4.69) is 14.9 Å². The first-order chi connectivity index (χ1) is 9.44. The Morgan fingerprint density at radius 2 is 2.20 bits per heavy atom. The molecule has 2 N–H and O–H groups in total. The number of nitrogens with zero attached hydrogens (tertiary/aromatic N) is 2. The summed E-state index contributed by atoms with van der Waals surface area (Å²) in [6.45, 7) is 1.35. The molecule has 0 unspecified atom stereocenters. The number of anilines is 1. The van der Waals surface area contributed by atoms with E-state index in [1.807, 2.05) is 0 Å². The van der Waals surface area contributed by atoms with Crippen LogP contribution >= 0.6 is 0 Å². The van der Waals surface area contributed by atoms with E-state index < -0.39 is 10.0 Å². The van der Waals surface area contributed by atoms with Crippen molar-refractivity contribution in [1.29, 1.82) is 5.26 Å². The minimum absolute atomic E-state index is 0.0132. The average molecular weight is 290 g/mol. The van der Waals surface area contributed by atoms with Crippen molar-refractivity contribution in [3.05, 3.63) is 41.6 Å². The van der Waals surface area contributed by atoms with Gasteiger partial charge in [0.1, 0.15) is 11.6 Å². The third-order valence-electron chi connectivity index (χ3n) is 2.55. The van der Waals surface area contributed by atoms with Gasteiger partial charge in [0, 0.05) is 5.56 Å². The highest BCUT2D eigenvalue weighted by atomic mass is 32.2. The van der Waals surface area contributed by atoms with Crippen molar-refractivity contribution in [2.75, 3.05) is 4.72 Å². The van der Waals surface area contributed by atoms with Crippen LogP contribution in [-0.2, 0) is 10.0 Å². The fourth-order valence-corrected chi connectivity index (χ4v) is 2.61. The van der Waals surface area contributed by atoms with Crippen molar-refractivity contribution in [2.45, 2.75) is 11.8 Å². The van der Waals surface area contributed by atoms with Crippen molar-refractivity contribution in [1.82, 2.24) is 10.2 Å². The van der Waals surface area contributed by atoms with Crippen molar-refractivity contribution < 1.29 is 13.2 Å². The zero-order chi connectivity index (χ0) is 14.8. The maximum atomic E-state index is 12.2. The lowest BCUT2D eigenvalue weighted by Crippen LogP contribution is -2.14. The Bertz CT molecular complexity index is 802. The molecule has 1 heterocycles. The number of sulfonamides is 1. The van der Waals surface area contributed by atoms with Crippen molar-refractivity contribution in [3.63, 3.8) is 0 Å². The molecule has 0 aliphatic rings. The van der Waals surface area contributed by atoms with E-state index in [0.717, 1.165) is 0 Å². The molecule has 0 radical (unpaired) electrons. The summed E-state index contributed by atoms with van der Waals surface area (Å²) in [6.07, 6.45) is 1.21. The summed E-state index contributed by atoms with van der Waals surface area (Å²) in [5, 5.41) is 14.8. The van der Waals surface area contributed by atoms with Gasteiger partial charge in [-0.15, -0.1) is 0 Å². The molecule has 1 aromatic carbocycles. The molecule has 0 bridgehead atoms. The quantitative estimate of drug-likeness (QED) is 0.823. The minimum Gasteiger partial charge on any atom is -0.295 e. The first-order valence-electron chi connectivity index (χ1n) is 5.51. The molecule has 2 rings (SSSR count). The highest BCUT2D eigenvalue weighted by molar-refractivity contribution is 7.92. The molecule has 0 aliphatic heterocycles. The number of hydrogen-bond donors (Lipinski definition) is 2. The maximum absolute atomic E-state index is 12.2. The van der Waals surface area contributed by atoms with Crippen LogP contribution in [0.15, 0.2) is 35.4 Å². The highest BCUT2D eigenvalue weighted by Crippen LogP contribution is 2.18. The number of ketones is 1. The number of aromatic amines is 1. The number of carbonyl (C=O) groups is 1.